The Morgan fingerprint density at radius 1 is 1.30 bits per heavy atom. The van der Waals surface area contributed by atoms with Gasteiger partial charge in [-0.3, -0.25) is 4.79 Å². The van der Waals surface area contributed by atoms with E-state index in [1.165, 1.54) is 4.31 Å². The maximum absolute atomic E-state index is 12.5. The second-order valence-electron chi connectivity index (χ2n) is 4.95. The van der Waals surface area contributed by atoms with Gasteiger partial charge in [0.05, 0.1) is 10.8 Å². The first kappa shape index (κ1) is 15.0. The average molecular weight is 297 g/mol. The first-order valence-electron chi connectivity index (χ1n) is 6.53. The Balaban J connectivity index is 2.22. The van der Waals surface area contributed by atoms with Gasteiger partial charge in [0.1, 0.15) is 0 Å². The third-order valence-electron chi connectivity index (χ3n) is 3.58. The molecule has 1 atom stereocenters. The summed E-state index contributed by atoms with van der Waals surface area (Å²) < 4.78 is 26.3. The summed E-state index contributed by atoms with van der Waals surface area (Å²) in [6.07, 6.45) is 1.29. The number of nitrogens with two attached hydrogens (primary N) is 2. The van der Waals surface area contributed by atoms with Crippen LogP contribution in [-0.2, 0) is 21.4 Å². The smallest absolute Gasteiger partial charge is 0.243 e. The summed E-state index contributed by atoms with van der Waals surface area (Å²) in [5, 5.41) is 0. The molecule has 0 bridgehead atoms. The molecule has 6 nitrogen and oxygen atoms in total. The monoisotopic (exact) mass is 297 g/mol. The van der Waals surface area contributed by atoms with Crippen molar-refractivity contribution in [2.75, 3.05) is 13.1 Å². The zero-order valence-corrected chi connectivity index (χ0v) is 12.0. The molecule has 0 radical (unpaired) electrons. The van der Waals surface area contributed by atoms with E-state index in [1.807, 2.05) is 0 Å². The van der Waals surface area contributed by atoms with Crippen LogP contribution in [0.4, 0.5) is 0 Å². The number of carbonyl (C=O) groups excluding carboxylic acids is 1. The highest BCUT2D eigenvalue weighted by Gasteiger charge is 2.32. The molecule has 1 aliphatic heterocycles. The molecule has 4 N–H and O–H groups in total. The molecule has 20 heavy (non-hydrogen) atoms. The van der Waals surface area contributed by atoms with Gasteiger partial charge in [0, 0.05) is 19.6 Å². The van der Waals surface area contributed by atoms with Crippen LogP contribution >= 0.6 is 0 Å². The first-order valence-corrected chi connectivity index (χ1v) is 7.97. The van der Waals surface area contributed by atoms with Crippen molar-refractivity contribution >= 4 is 15.9 Å². The van der Waals surface area contributed by atoms with E-state index in [1.54, 1.807) is 24.3 Å². The zero-order valence-electron chi connectivity index (χ0n) is 11.2. The minimum Gasteiger partial charge on any atom is -0.369 e. The van der Waals surface area contributed by atoms with E-state index in [9.17, 15) is 13.2 Å². The molecule has 1 heterocycles. The van der Waals surface area contributed by atoms with Crippen molar-refractivity contribution in [3.63, 3.8) is 0 Å². The standard InChI is InChI=1S/C13H19N3O3S/c14-8-10-3-5-12(6-4-10)20(18,19)16-7-1-2-11(9-16)13(15)17/h3-6,11H,1-2,7-9,14H2,(H2,15,17). The molecule has 110 valence electrons. The maximum Gasteiger partial charge on any atom is 0.243 e. The van der Waals surface area contributed by atoms with Crippen LogP contribution in [0.3, 0.4) is 0 Å². The van der Waals surface area contributed by atoms with Crippen LogP contribution in [0.2, 0.25) is 0 Å². The van der Waals surface area contributed by atoms with E-state index in [2.05, 4.69) is 0 Å². The topological polar surface area (TPSA) is 106 Å². The number of benzene rings is 1. The highest BCUT2D eigenvalue weighted by Crippen LogP contribution is 2.23. The molecule has 1 amide bonds. The Morgan fingerprint density at radius 3 is 2.50 bits per heavy atom. The van der Waals surface area contributed by atoms with Crippen molar-refractivity contribution in [1.82, 2.24) is 4.31 Å². The molecule has 0 saturated carbocycles. The Morgan fingerprint density at radius 2 is 1.95 bits per heavy atom. The number of rotatable bonds is 4. The number of carbonyl (C=O) groups is 1. The highest BCUT2D eigenvalue weighted by molar-refractivity contribution is 7.89. The third kappa shape index (κ3) is 3.00. The first-order chi connectivity index (χ1) is 9.45. The van der Waals surface area contributed by atoms with Gasteiger partial charge in [-0.15, -0.1) is 0 Å². The summed E-state index contributed by atoms with van der Waals surface area (Å²) in [7, 11) is -3.57. The molecule has 1 unspecified atom stereocenters. The minimum absolute atomic E-state index is 0.163. The third-order valence-corrected chi connectivity index (χ3v) is 5.46. The van der Waals surface area contributed by atoms with Crippen molar-refractivity contribution < 1.29 is 13.2 Å². The number of nitrogens with zero attached hydrogens (tertiary/aromatic N) is 1. The van der Waals surface area contributed by atoms with E-state index in [-0.39, 0.29) is 11.4 Å². The fourth-order valence-electron chi connectivity index (χ4n) is 2.34. The summed E-state index contributed by atoms with van der Waals surface area (Å²) in [6.45, 7) is 0.953. The van der Waals surface area contributed by atoms with Gasteiger partial charge >= 0.3 is 0 Å². The second-order valence-corrected chi connectivity index (χ2v) is 6.89. The summed E-state index contributed by atoms with van der Waals surface area (Å²) in [4.78, 5) is 11.5. The van der Waals surface area contributed by atoms with E-state index >= 15 is 0 Å². The summed E-state index contributed by atoms with van der Waals surface area (Å²) in [5.74, 6) is -0.842. The minimum atomic E-state index is -3.57. The van der Waals surface area contributed by atoms with Crippen LogP contribution in [0, 0.1) is 5.92 Å². The normalized spacial score (nSPS) is 20.8. The van der Waals surface area contributed by atoms with Crippen molar-refractivity contribution in [3.05, 3.63) is 29.8 Å². The maximum atomic E-state index is 12.5. The largest absolute Gasteiger partial charge is 0.369 e. The van der Waals surface area contributed by atoms with E-state index < -0.39 is 21.8 Å². The number of sulfonamides is 1. The van der Waals surface area contributed by atoms with Crippen molar-refractivity contribution in [2.45, 2.75) is 24.3 Å². The Kier molecular flexibility index (Phi) is 4.42. The van der Waals surface area contributed by atoms with Crippen LogP contribution in [0.5, 0.6) is 0 Å². The molecular formula is C13H19N3O3S. The van der Waals surface area contributed by atoms with Crippen LogP contribution in [0.15, 0.2) is 29.2 Å². The van der Waals surface area contributed by atoms with Gasteiger partial charge < -0.3 is 11.5 Å². The molecular weight excluding hydrogens is 278 g/mol. The Labute approximate surface area is 118 Å². The van der Waals surface area contributed by atoms with Crippen molar-refractivity contribution in [3.8, 4) is 0 Å². The molecule has 1 fully saturated rings. The predicted molar refractivity (Wildman–Crippen MR) is 75.0 cm³/mol. The fraction of sp³-hybridized carbons (Fsp3) is 0.462. The van der Waals surface area contributed by atoms with Gasteiger partial charge in [0.2, 0.25) is 15.9 Å². The van der Waals surface area contributed by atoms with Gasteiger partial charge in [-0.05, 0) is 30.5 Å². The highest BCUT2D eigenvalue weighted by atomic mass is 32.2. The number of amides is 1. The Hall–Kier alpha value is -1.44. The number of piperidine rings is 1. The van der Waals surface area contributed by atoms with Crippen LogP contribution in [0.1, 0.15) is 18.4 Å². The molecule has 0 aromatic heterocycles. The zero-order chi connectivity index (χ0) is 14.8. The van der Waals surface area contributed by atoms with Gasteiger partial charge in [0.15, 0.2) is 0 Å². The lowest BCUT2D eigenvalue weighted by Gasteiger charge is -2.30. The lowest BCUT2D eigenvalue weighted by molar-refractivity contribution is -0.122. The number of primary amides is 1. The van der Waals surface area contributed by atoms with E-state index in [0.29, 0.717) is 25.9 Å². The molecule has 1 saturated heterocycles. The van der Waals surface area contributed by atoms with Gasteiger partial charge in [-0.2, -0.15) is 4.31 Å². The molecule has 2 rings (SSSR count). The molecule has 1 aromatic carbocycles. The number of hydrogen-bond acceptors (Lipinski definition) is 4. The molecule has 0 spiro atoms. The number of hydrogen-bond donors (Lipinski definition) is 2. The average Bonchev–Trinajstić information content (AvgIpc) is 2.47. The summed E-state index contributed by atoms with van der Waals surface area (Å²) >= 11 is 0. The summed E-state index contributed by atoms with van der Waals surface area (Å²) in [6, 6.07) is 6.49. The van der Waals surface area contributed by atoms with Crippen LogP contribution in [0.25, 0.3) is 0 Å². The fourth-order valence-corrected chi connectivity index (χ4v) is 3.86. The van der Waals surface area contributed by atoms with E-state index in [0.717, 1.165) is 5.56 Å². The quantitative estimate of drug-likeness (QED) is 0.817. The second kappa shape index (κ2) is 5.90. The van der Waals surface area contributed by atoms with E-state index in [4.69, 9.17) is 11.5 Å². The lowest BCUT2D eigenvalue weighted by atomic mass is 9.99. The van der Waals surface area contributed by atoms with Crippen LogP contribution in [-0.4, -0.2) is 31.7 Å². The van der Waals surface area contributed by atoms with Crippen LogP contribution < -0.4 is 11.5 Å². The van der Waals surface area contributed by atoms with Gasteiger partial charge in [-0.25, -0.2) is 8.42 Å². The van der Waals surface area contributed by atoms with Crippen molar-refractivity contribution in [2.24, 2.45) is 17.4 Å². The SMILES string of the molecule is NCc1ccc(S(=O)(=O)N2CCCC(C(N)=O)C2)cc1. The molecule has 0 aliphatic carbocycles. The molecule has 1 aliphatic rings. The Bertz CT molecular complexity index is 583. The van der Waals surface area contributed by atoms with Crippen molar-refractivity contribution in [1.29, 1.82) is 0 Å². The lowest BCUT2D eigenvalue weighted by Crippen LogP contribution is -2.44. The predicted octanol–water partition coefficient (Wildman–Crippen LogP) is 0.0313. The molecule has 1 aromatic rings. The van der Waals surface area contributed by atoms with Gasteiger partial charge in [0.25, 0.3) is 0 Å². The molecule has 7 heteroatoms. The van der Waals surface area contributed by atoms with Gasteiger partial charge in [-0.1, -0.05) is 12.1 Å². The summed E-state index contributed by atoms with van der Waals surface area (Å²) in [5.41, 5.74) is 11.6.